The van der Waals surface area contributed by atoms with Gasteiger partial charge in [-0.25, -0.2) is 4.98 Å². The first-order valence-corrected chi connectivity index (χ1v) is 6.88. The molecule has 0 spiro atoms. The molecule has 0 aromatic carbocycles. The van der Waals surface area contributed by atoms with Crippen LogP contribution in [-0.4, -0.2) is 33.0 Å². The minimum Gasteiger partial charge on any atom is -0.396 e. The average Bonchev–Trinajstić information content (AvgIpc) is 2.85. The fourth-order valence-electron chi connectivity index (χ4n) is 1.75. The first-order valence-electron chi connectivity index (χ1n) is 6.00. The van der Waals surface area contributed by atoms with Crippen LogP contribution in [0.2, 0.25) is 0 Å². The van der Waals surface area contributed by atoms with E-state index in [1.165, 1.54) is 21.9 Å². The summed E-state index contributed by atoms with van der Waals surface area (Å²) in [5.74, 6) is -0.427. The van der Waals surface area contributed by atoms with E-state index in [9.17, 15) is 9.59 Å². The Bertz CT molecular complexity index is 634. The maximum atomic E-state index is 12.1. The zero-order valence-corrected chi connectivity index (χ0v) is 11.3. The number of rotatable bonds is 5. The highest BCUT2D eigenvalue weighted by molar-refractivity contribution is 7.15. The smallest absolute Gasteiger partial charge is 0.271 e. The Morgan fingerprint density at radius 1 is 1.63 bits per heavy atom. The van der Waals surface area contributed by atoms with Crippen molar-refractivity contribution in [2.75, 3.05) is 6.61 Å². The first-order chi connectivity index (χ1) is 9.13. The molecule has 0 bridgehead atoms. The van der Waals surface area contributed by atoms with Gasteiger partial charge in [-0.1, -0.05) is 0 Å². The quantitative estimate of drug-likeness (QED) is 0.842. The van der Waals surface area contributed by atoms with Gasteiger partial charge in [0.1, 0.15) is 5.56 Å². The Hall–Kier alpha value is -1.73. The number of thiazole rings is 1. The largest absolute Gasteiger partial charge is 0.396 e. The topological polar surface area (TPSA) is 83.7 Å². The van der Waals surface area contributed by atoms with Crippen LogP contribution in [0.1, 0.15) is 30.1 Å². The minimum absolute atomic E-state index is 0.0340. The van der Waals surface area contributed by atoms with E-state index < -0.39 is 5.91 Å². The SMILES string of the molecule is CC(CCCO)NC(=O)c1cnc2sccn2c1=O. The van der Waals surface area contributed by atoms with Crippen LogP contribution < -0.4 is 10.9 Å². The standard InChI is InChI=1S/C12H15N3O3S/c1-8(3-2-5-16)14-10(17)9-7-13-12-15(11(9)18)4-6-19-12/h4,6-8,16H,2-3,5H2,1H3,(H,14,17). The molecule has 0 radical (unpaired) electrons. The molecule has 6 nitrogen and oxygen atoms in total. The number of carbonyl (C=O) groups excluding carboxylic acids is 1. The van der Waals surface area contributed by atoms with Crippen LogP contribution in [0.25, 0.3) is 4.96 Å². The molecule has 2 aromatic heterocycles. The summed E-state index contributed by atoms with van der Waals surface area (Å²) in [5.41, 5.74) is -0.329. The molecule has 0 fully saturated rings. The molecule has 2 N–H and O–H groups in total. The Balaban J connectivity index is 2.17. The lowest BCUT2D eigenvalue weighted by Crippen LogP contribution is -2.36. The molecule has 0 saturated heterocycles. The van der Waals surface area contributed by atoms with Gasteiger partial charge >= 0.3 is 0 Å². The molecule has 0 aliphatic heterocycles. The van der Waals surface area contributed by atoms with Gasteiger partial charge < -0.3 is 10.4 Å². The zero-order valence-electron chi connectivity index (χ0n) is 10.5. The van der Waals surface area contributed by atoms with Crippen LogP contribution in [0.15, 0.2) is 22.6 Å². The third kappa shape index (κ3) is 2.99. The molecule has 1 amide bonds. The molecule has 7 heteroatoms. The molecule has 1 unspecified atom stereocenters. The fourth-order valence-corrected chi connectivity index (χ4v) is 2.43. The van der Waals surface area contributed by atoms with E-state index in [0.29, 0.717) is 17.8 Å². The Labute approximate surface area is 113 Å². The van der Waals surface area contributed by atoms with E-state index in [0.717, 1.165) is 0 Å². The third-order valence-corrected chi connectivity index (χ3v) is 3.53. The van der Waals surface area contributed by atoms with Crippen molar-refractivity contribution >= 4 is 22.2 Å². The lowest BCUT2D eigenvalue weighted by molar-refractivity contribution is 0.0934. The van der Waals surface area contributed by atoms with Gasteiger partial charge in [-0.2, -0.15) is 0 Å². The van der Waals surface area contributed by atoms with Crippen LogP contribution in [0.3, 0.4) is 0 Å². The Morgan fingerprint density at radius 3 is 3.16 bits per heavy atom. The van der Waals surface area contributed by atoms with Gasteiger partial charge in [-0.3, -0.25) is 14.0 Å². The van der Waals surface area contributed by atoms with E-state index in [2.05, 4.69) is 10.3 Å². The fraction of sp³-hybridized carbons (Fsp3) is 0.417. The lowest BCUT2D eigenvalue weighted by Gasteiger charge is -2.12. The van der Waals surface area contributed by atoms with Crippen molar-refractivity contribution in [1.29, 1.82) is 0 Å². The maximum absolute atomic E-state index is 12.1. The highest BCUT2D eigenvalue weighted by Crippen LogP contribution is 2.06. The van der Waals surface area contributed by atoms with Crippen molar-refractivity contribution in [3.63, 3.8) is 0 Å². The van der Waals surface area contributed by atoms with Gasteiger partial charge in [0.05, 0.1) is 0 Å². The van der Waals surface area contributed by atoms with E-state index in [1.54, 1.807) is 11.6 Å². The van der Waals surface area contributed by atoms with Crippen molar-refractivity contribution in [2.45, 2.75) is 25.8 Å². The van der Waals surface area contributed by atoms with Gasteiger partial charge in [0.25, 0.3) is 11.5 Å². The van der Waals surface area contributed by atoms with Crippen molar-refractivity contribution in [1.82, 2.24) is 14.7 Å². The number of aliphatic hydroxyl groups excluding tert-OH is 1. The monoisotopic (exact) mass is 281 g/mol. The number of hydrogen-bond donors (Lipinski definition) is 2. The summed E-state index contributed by atoms with van der Waals surface area (Å²) in [6, 6.07) is -0.0952. The number of fused-ring (bicyclic) bond motifs is 1. The second-order valence-electron chi connectivity index (χ2n) is 4.27. The van der Waals surface area contributed by atoms with Crippen molar-refractivity contribution in [2.24, 2.45) is 0 Å². The van der Waals surface area contributed by atoms with Gasteiger partial charge in [-0.15, -0.1) is 11.3 Å². The summed E-state index contributed by atoms with van der Waals surface area (Å²) in [6.45, 7) is 1.92. The molecule has 0 aliphatic carbocycles. The van der Waals surface area contributed by atoms with E-state index in [-0.39, 0.29) is 23.8 Å². The van der Waals surface area contributed by atoms with Gasteiger partial charge in [0.2, 0.25) is 0 Å². The van der Waals surface area contributed by atoms with Gasteiger partial charge in [0, 0.05) is 30.4 Å². The average molecular weight is 281 g/mol. The zero-order chi connectivity index (χ0) is 13.8. The molecular formula is C12H15N3O3S. The first kappa shape index (κ1) is 13.7. The minimum atomic E-state index is -0.427. The predicted molar refractivity (Wildman–Crippen MR) is 72.6 cm³/mol. The summed E-state index contributed by atoms with van der Waals surface area (Å²) in [7, 11) is 0. The summed E-state index contributed by atoms with van der Waals surface area (Å²) in [4.78, 5) is 28.7. The molecular weight excluding hydrogens is 266 g/mol. The number of aromatic nitrogens is 2. The van der Waals surface area contributed by atoms with Crippen molar-refractivity contribution in [3.05, 3.63) is 33.7 Å². The molecule has 2 heterocycles. The summed E-state index contributed by atoms with van der Waals surface area (Å²) < 4.78 is 1.36. The molecule has 2 aromatic rings. The third-order valence-electron chi connectivity index (χ3n) is 2.76. The van der Waals surface area contributed by atoms with Gasteiger partial charge in [0.15, 0.2) is 4.96 Å². The van der Waals surface area contributed by atoms with Crippen LogP contribution >= 0.6 is 11.3 Å². The number of aliphatic hydroxyl groups is 1. The van der Waals surface area contributed by atoms with Crippen molar-refractivity contribution < 1.29 is 9.90 Å². The van der Waals surface area contributed by atoms with Crippen LogP contribution in [0, 0.1) is 0 Å². The number of nitrogens with zero attached hydrogens (tertiary/aromatic N) is 2. The van der Waals surface area contributed by atoms with E-state index >= 15 is 0 Å². The Morgan fingerprint density at radius 2 is 2.42 bits per heavy atom. The predicted octanol–water partition coefficient (Wildman–Crippen LogP) is 0.647. The summed E-state index contributed by atoms with van der Waals surface area (Å²) >= 11 is 1.34. The highest BCUT2D eigenvalue weighted by Gasteiger charge is 2.15. The molecule has 0 aliphatic rings. The maximum Gasteiger partial charge on any atom is 0.271 e. The summed E-state index contributed by atoms with van der Waals surface area (Å²) in [6.07, 6.45) is 4.18. The van der Waals surface area contributed by atoms with Crippen LogP contribution in [0.5, 0.6) is 0 Å². The van der Waals surface area contributed by atoms with Crippen molar-refractivity contribution in [3.8, 4) is 0 Å². The lowest BCUT2D eigenvalue weighted by atomic mass is 10.2. The molecule has 2 rings (SSSR count). The molecule has 1 atom stereocenters. The highest BCUT2D eigenvalue weighted by atomic mass is 32.1. The molecule has 19 heavy (non-hydrogen) atoms. The second kappa shape index (κ2) is 5.94. The Kier molecular flexibility index (Phi) is 4.28. The normalized spacial score (nSPS) is 12.5. The number of hydrogen-bond acceptors (Lipinski definition) is 5. The van der Waals surface area contributed by atoms with Crippen LogP contribution in [-0.2, 0) is 0 Å². The van der Waals surface area contributed by atoms with E-state index in [1.807, 2.05) is 6.92 Å². The van der Waals surface area contributed by atoms with E-state index in [4.69, 9.17) is 5.11 Å². The second-order valence-corrected chi connectivity index (χ2v) is 5.15. The number of amides is 1. The molecule has 102 valence electrons. The molecule has 0 saturated carbocycles. The number of nitrogens with one attached hydrogen (secondary N) is 1. The number of carbonyl (C=O) groups is 1. The van der Waals surface area contributed by atoms with Crippen LogP contribution in [0.4, 0.5) is 0 Å². The summed E-state index contributed by atoms with van der Waals surface area (Å²) in [5, 5.41) is 13.2. The van der Waals surface area contributed by atoms with Gasteiger partial charge in [-0.05, 0) is 19.8 Å².